The van der Waals surface area contributed by atoms with Crippen molar-refractivity contribution in [1.29, 1.82) is 0 Å². The molecule has 18 heavy (non-hydrogen) atoms. The van der Waals surface area contributed by atoms with E-state index >= 15 is 0 Å². The van der Waals surface area contributed by atoms with Crippen LogP contribution in [0.3, 0.4) is 0 Å². The average molecular weight is 246 g/mol. The van der Waals surface area contributed by atoms with E-state index in [1.54, 1.807) is 0 Å². The van der Waals surface area contributed by atoms with E-state index in [1.165, 1.54) is 18.4 Å². The Morgan fingerprint density at radius 1 is 1.50 bits per heavy atom. The smallest absolute Gasteiger partial charge is 0.224 e. The van der Waals surface area contributed by atoms with Gasteiger partial charge >= 0.3 is 0 Å². The van der Waals surface area contributed by atoms with Gasteiger partial charge in [0.25, 0.3) is 0 Å². The van der Waals surface area contributed by atoms with Gasteiger partial charge in [0.05, 0.1) is 6.42 Å². The maximum Gasteiger partial charge on any atom is 0.224 e. The van der Waals surface area contributed by atoms with Crippen LogP contribution in [0.2, 0.25) is 0 Å². The van der Waals surface area contributed by atoms with Crippen molar-refractivity contribution < 1.29 is 4.79 Å². The van der Waals surface area contributed by atoms with Crippen LogP contribution in [0.5, 0.6) is 0 Å². The van der Waals surface area contributed by atoms with Gasteiger partial charge in [0.15, 0.2) is 0 Å². The molecule has 1 aliphatic rings. The largest absolute Gasteiger partial charge is 0.356 e. The van der Waals surface area contributed by atoms with Gasteiger partial charge in [-0.05, 0) is 38.3 Å². The van der Waals surface area contributed by atoms with Crippen molar-refractivity contribution in [2.75, 3.05) is 13.1 Å². The van der Waals surface area contributed by atoms with Crippen LogP contribution in [0.1, 0.15) is 30.4 Å². The summed E-state index contributed by atoms with van der Waals surface area (Å²) in [5, 5.41) is 6.43. The van der Waals surface area contributed by atoms with E-state index in [9.17, 15) is 4.79 Å². The number of benzene rings is 1. The summed E-state index contributed by atoms with van der Waals surface area (Å²) in [6.45, 7) is 3.96. The maximum atomic E-state index is 11.8. The fourth-order valence-corrected chi connectivity index (χ4v) is 2.46. The molecule has 2 rings (SSSR count). The normalized spacial score (nSPS) is 18.8. The monoisotopic (exact) mass is 246 g/mol. The Bertz CT molecular complexity index is 397. The van der Waals surface area contributed by atoms with Crippen molar-refractivity contribution >= 4 is 5.91 Å². The third-order valence-electron chi connectivity index (χ3n) is 3.42. The van der Waals surface area contributed by atoms with Gasteiger partial charge in [0, 0.05) is 12.6 Å². The maximum absolute atomic E-state index is 11.8. The highest BCUT2D eigenvalue weighted by molar-refractivity contribution is 5.78. The molecule has 3 heteroatoms. The zero-order chi connectivity index (χ0) is 12.8. The van der Waals surface area contributed by atoms with Gasteiger partial charge in [-0.25, -0.2) is 0 Å². The van der Waals surface area contributed by atoms with Gasteiger partial charge in [-0.15, -0.1) is 0 Å². The Morgan fingerprint density at radius 2 is 2.39 bits per heavy atom. The van der Waals surface area contributed by atoms with Crippen LogP contribution in [0.15, 0.2) is 24.3 Å². The Balaban J connectivity index is 1.68. The molecule has 1 aromatic rings. The van der Waals surface area contributed by atoms with Gasteiger partial charge < -0.3 is 10.6 Å². The van der Waals surface area contributed by atoms with E-state index in [-0.39, 0.29) is 5.91 Å². The molecular formula is C15H22N2O. The summed E-state index contributed by atoms with van der Waals surface area (Å²) in [7, 11) is 0. The average Bonchev–Trinajstić information content (AvgIpc) is 2.82. The highest BCUT2D eigenvalue weighted by Crippen LogP contribution is 2.08. The van der Waals surface area contributed by atoms with Crippen LogP contribution in [0.4, 0.5) is 0 Å². The molecule has 1 aromatic carbocycles. The van der Waals surface area contributed by atoms with Crippen LogP contribution in [0, 0.1) is 6.92 Å². The first-order valence-corrected chi connectivity index (χ1v) is 6.79. The van der Waals surface area contributed by atoms with Crippen molar-refractivity contribution in [2.45, 2.75) is 38.6 Å². The highest BCUT2D eigenvalue weighted by Gasteiger charge is 2.13. The molecular weight excluding hydrogens is 224 g/mol. The fraction of sp³-hybridized carbons (Fsp3) is 0.533. The second-order valence-electron chi connectivity index (χ2n) is 5.10. The van der Waals surface area contributed by atoms with Gasteiger partial charge in [-0.2, -0.15) is 0 Å². The van der Waals surface area contributed by atoms with Crippen LogP contribution >= 0.6 is 0 Å². The summed E-state index contributed by atoms with van der Waals surface area (Å²) >= 11 is 0. The van der Waals surface area contributed by atoms with Crippen LogP contribution in [0.25, 0.3) is 0 Å². The lowest BCUT2D eigenvalue weighted by Crippen LogP contribution is -2.31. The van der Waals surface area contributed by atoms with Crippen molar-refractivity contribution in [3.05, 3.63) is 35.4 Å². The molecule has 0 spiro atoms. The molecule has 1 aliphatic heterocycles. The summed E-state index contributed by atoms with van der Waals surface area (Å²) in [5.74, 6) is 0.124. The number of amides is 1. The first-order valence-electron chi connectivity index (χ1n) is 6.79. The Labute approximate surface area is 109 Å². The molecule has 98 valence electrons. The standard InChI is InChI=1S/C15H22N2O/c1-12-4-2-5-13(10-12)11-15(18)17-9-7-14-6-3-8-16-14/h2,4-5,10,14,16H,3,6-9,11H2,1H3,(H,17,18)/t14-/m1/s1. The van der Waals surface area contributed by atoms with Gasteiger partial charge in [0.1, 0.15) is 0 Å². The third kappa shape index (κ3) is 4.15. The van der Waals surface area contributed by atoms with Gasteiger partial charge in [0.2, 0.25) is 5.91 Å². The second kappa shape index (κ2) is 6.55. The first kappa shape index (κ1) is 13.1. The molecule has 0 aromatic heterocycles. The number of aryl methyl sites for hydroxylation is 1. The molecule has 0 aliphatic carbocycles. The number of nitrogens with one attached hydrogen (secondary N) is 2. The van der Waals surface area contributed by atoms with E-state index in [4.69, 9.17) is 0 Å². The molecule has 1 heterocycles. The minimum atomic E-state index is 0.124. The number of hydrogen-bond donors (Lipinski definition) is 2. The number of rotatable bonds is 5. The molecule has 1 atom stereocenters. The highest BCUT2D eigenvalue weighted by atomic mass is 16.1. The summed E-state index contributed by atoms with van der Waals surface area (Å²) < 4.78 is 0. The van der Waals surface area contributed by atoms with Crippen LogP contribution in [-0.4, -0.2) is 25.0 Å². The molecule has 1 fully saturated rings. The Morgan fingerprint density at radius 3 is 3.11 bits per heavy atom. The minimum Gasteiger partial charge on any atom is -0.356 e. The zero-order valence-electron chi connectivity index (χ0n) is 11.0. The van der Waals surface area contributed by atoms with Gasteiger partial charge in [-0.1, -0.05) is 29.8 Å². The molecule has 2 N–H and O–H groups in total. The van der Waals surface area contributed by atoms with E-state index in [0.717, 1.165) is 25.1 Å². The topological polar surface area (TPSA) is 41.1 Å². The first-order chi connectivity index (χ1) is 8.74. The third-order valence-corrected chi connectivity index (χ3v) is 3.42. The summed E-state index contributed by atoms with van der Waals surface area (Å²) in [6, 6.07) is 8.72. The van der Waals surface area contributed by atoms with E-state index < -0.39 is 0 Å². The zero-order valence-corrected chi connectivity index (χ0v) is 11.0. The predicted molar refractivity (Wildman–Crippen MR) is 73.5 cm³/mol. The number of carbonyl (C=O) groups is 1. The van der Waals surface area contributed by atoms with Crippen LogP contribution in [-0.2, 0) is 11.2 Å². The van der Waals surface area contributed by atoms with Crippen molar-refractivity contribution in [3.63, 3.8) is 0 Å². The number of carbonyl (C=O) groups excluding carboxylic acids is 1. The van der Waals surface area contributed by atoms with Crippen molar-refractivity contribution in [3.8, 4) is 0 Å². The lowest BCUT2D eigenvalue weighted by atomic mass is 10.1. The second-order valence-corrected chi connectivity index (χ2v) is 5.10. The SMILES string of the molecule is Cc1cccc(CC(=O)NCC[C@H]2CCCN2)c1. The molecule has 0 bridgehead atoms. The van der Waals surface area contributed by atoms with E-state index in [1.807, 2.05) is 25.1 Å². The number of hydrogen-bond acceptors (Lipinski definition) is 2. The Hall–Kier alpha value is -1.35. The molecule has 1 saturated heterocycles. The summed E-state index contributed by atoms with van der Waals surface area (Å²) in [5.41, 5.74) is 2.29. The van der Waals surface area contributed by atoms with Crippen molar-refractivity contribution in [1.82, 2.24) is 10.6 Å². The van der Waals surface area contributed by atoms with Crippen molar-refractivity contribution in [2.24, 2.45) is 0 Å². The molecule has 0 unspecified atom stereocenters. The lowest BCUT2D eigenvalue weighted by Gasteiger charge is -2.10. The Kier molecular flexibility index (Phi) is 4.76. The lowest BCUT2D eigenvalue weighted by molar-refractivity contribution is -0.120. The predicted octanol–water partition coefficient (Wildman–Crippen LogP) is 1.80. The molecule has 0 saturated carbocycles. The van der Waals surface area contributed by atoms with Gasteiger partial charge in [-0.3, -0.25) is 4.79 Å². The minimum absolute atomic E-state index is 0.124. The van der Waals surface area contributed by atoms with E-state index in [2.05, 4.69) is 16.7 Å². The quantitative estimate of drug-likeness (QED) is 0.831. The van der Waals surface area contributed by atoms with E-state index in [0.29, 0.717) is 12.5 Å². The summed E-state index contributed by atoms with van der Waals surface area (Å²) in [6.07, 6.45) is 4.04. The van der Waals surface area contributed by atoms with Crippen LogP contribution < -0.4 is 10.6 Å². The fourth-order valence-electron chi connectivity index (χ4n) is 2.46. The molecule has 0 radical (unpaired) electrons. The molecule has 3 nitrogen and oxygen atoms in total. The molecule has 1 amide bonds. The summed E-state index contributed by atoms with van der Waals surface area (Å²) in [4.78, 5) is 11.8.